The van der Waals surface area contributed by atoms with Crippen molar-refractivity contribution in [1.82, 2.24) is 9.97 Å². The van der Waals surface area contributed by atoms with Crippen LogP contribution in [-0.2, 0) is 6.42 Å². The molecule has 0 spiro atoms. The summed E-state index contributed by atoms with van der Waals surface area (Å²) in [6.07, 6.45) is 1.91. The number of rotatable bonds is 6. The number of oxazole rings is 1. The molecule has 2 aromatic heterocycles. The number of benzene rings is 2. The van der Waals surface area contributed by atoms with Crippen LogP contribution >= 0.6 is 0 Å². The minimum atomic E-state index is -0.0164. The zero-order valence-electron chi connectivity index (χ0n) is 15.5. The molecule has 28 heavy (non-hydrogen) atoms. The normalized spacial score (nSPS) is 10.8. The number of hydrogen-bond acceptors (Lipinski definition) is 6. The van der Waals surface area contributed by atoms with Gasteiger partial charge in [0.1, 0.15) is 5.52 Å². The second-order valence-electron chi connectivity index (χ2n) is 6.22. The van der Waals surface area contributed by atoms with Crippen LogP contribution in [0.15, 0.2) is 65.2 Å². The zero-order chi connectivity index (χ0) is 19.5. The van der Waals surface area contributed by atoms with Crippen LogP contribution in [0.5, 0.6) is 11.5 Å². The number of hydrogen-bond donors (Lipinski definition) is 0. The molecule has 0 bridgehead atoms. The number of methoxy groups -OCH3 is 2. The molecule has 0 fully saturated rings. The number of ketones is 1. The predicted molar refractivity (Wildman–Crippen MR) is 105 cm³/mol. The Balaban J connectivity index is 1.59. The minimum Gasteiger partial charge on any atom is -0.493 e. The van der Waals surface area contributed by atoms with E-state index >= 15 is 0 Å². The van der Waals surface area contributed by atoms with E-state index in [9.17, 15) is 4.79 Å². The summed E-state index contributed by atoms with van der Waals surface area (Å²) < 4.78 is 16.2. The number of aromatic nitrogens is 2. The topological polar surface area (TPSA) is 74.5 Å². The molecule has 0 unspecified atom stereocenters. The van der Waals surface area contributed by atoms with Crippen molar-refractivity contribution in [3.63, 3.8) is 0 Å². The molecule has 6 nitrogen and oxygen atoms in total. The number of carbonyl (C=O) groups excluding carboxylic acids is 1. The van der Waals surface area contributed by atoms with Crippen LogP contribution < -0.4 is 9.47 Å². The van der Waals surface area contributed by atoms with Gasteiger partial charge in [-0.05, 0) is 48.0 Å². The summed E-state index contributed by atoms with van der Waals surface area (Å²) in [5.41, 5.74) is 3.42. The SMILES string of the molecule is COc1ccc(C(=O)Cc2cccc(-c3nc4cccnc4o3)c2)cc1OC. The van der Waals surface area contributed by atoms with Gasteiger partial charge < -0.3 is 13.9 Å². The van der Waals surface area contributed by atoms with Gasteiger partial charge >= 0.3 is 0 Å². The summed E-state index contributed by atoms with van der Waals surface area (Å²) in [4.78, 5) is 21.3. The Kier molecular flexibility index (Phi) is 4.76. The molecule has 0 aliphatic carbocycles. The molecule has 4 aromatic rings. The first-order valence-corrected chi connectivity index (χ1v) is 8.74. The van der Waals surface area contributed by atoms with Crippen molar-refractivity contribution in [2.45, 2.75) is 6.42 Å². The summed E-state index contributed by atoms with van der Waals surface area (Å²) in [6.45, 7) is 0. The highest BCUT2D eigenvalue weighted by atomic mass is 16.5. The van der Waals surface area contributed by atoms with Crippen molar-refractivity contribution >= 4 is 17.0 Å². The molecule has 0 amide bonds. The number of fused-ring (bicyclic) bond motifs is 1. The third kappa shape index (κ3) is 3.44. The lowest BCUT2D eigenvalue weighted by Crippen LogP contribution is -2.04. The minimum absolute atomic E-state index is 0.0164. The van der Waals surface area contributed by atoms with Crippen LogP contribution in [0.3, 0.4) is 0 Å². The van der Waals surface area contributed by atoms with Crippen molar-refractivity contribution in [3.05, 3.63) is 71.9 Å². The Morgan fingerprint density at radius 1 is 1.00 bits per heavy atom. The van der Waals surface area contributed by atoms with Crippen molar-refractivity contribution < 1.29 is 18.7 Å². The van der Waals surface area contributed by atoms with Crippen molar-refractivity contribution in [3.8, 4) is 23.0 Å². The highest BCUT2D eigenvalue weighted by Gasteiger charge is 2.13. The first-order valence-electron chi connectivity index (χ1n) is 8.74. The van der Waals surface area contributed by atoms with Crippen LogP contribution in [0.2, 0.25) is 0 Å². The van der Waals surface area contributed by atoms with E-state index < -0.39 is 0 Å². The summed E-state index contributed by atoms with van der Waals surface area (Å²) in [6, 6.07) is 16.4. The first kappa shape index (κ1) is 17.7. The highest BCUT2D eigenvalue weighted by molar-refractivity contribution is 5.98. The lowest BCUT2D eigenvalue weighted by atomic mass is 10.0. The van der Waals surface area contributed by atoms with E-state index in [2.05, 4.69) is 9.97 Å². The second kappa shape index (κ2) is 7.52. The van der Waals surface area contributed by atoms with Crippen LogP contribution in [-0.4, -0.2) is 30.0 Å². The number of nitrogens with zero attached hydrogens (tertiary/aromatic N) is 2. The molecule has 0 N–H and O–H groups in total. The first-order chi connectivity index (χ1) is 13.7. The van der Waals surface area contributed by atoms with Crippen LogP contribution in [0.25, 0.3) is 22.7 Å². The monoisotopic (exact) mass is 374 g/mol. The van der Waals surface area contributed by atoms with Gasteiger partial charge in [-0.1, -0.05) is 12.1 Å². The Morgan fingerprint density at radius 2 is 1.86 bits per heavy atom. The third-order valence-corrected chi connectivity index (χ3v) is 4.41. The van der Waals surface area contributed by atoms with Crippen LogP contribution in [0.4, 0.5) is 0 Å². The van der Waals surface area contributed by atoms with Gasteiger partial charge in [0.2, 0.25) is 11.6 Å². The molecule has 2 heterocycles. The number of Topliss-reactive ketones (excluding diaryl/α,β-unsaturated/α-hetero) is 1. The lowest BCUT2D eigenvalue weighted by molar-refractivity contribution is 0.0992. The quantitative estimate of drug-likeness (QED) is 0.468. The van der Waals surface area contributed by atoms with Gasteiger partial charge in [0.05, 0.1) is 14.2 Å². The Hall–Kier alpha value is -3.67. The average Bonchev–Trinajstić information content (AvgIpc) is 3.17. The molecule has 0 saturated heterocycles. The highest BCUT2D eigenvalue weighted by Crippen LogP contribution is 2.28. The summed E-state index contributed by atoms with van der Waals surface area (Å²) in [5, 5.41) is 0. The summed E-state index contributed by atoms with van der Waals surface area (Å²) >= 11 is 0. The van der Waals surface area contributed by atoms with E-state index in [-0.39, 0.29) is 12.2 Å². The summed E-state index contributed by atoms with van der Waals surface area (Å²) in [5.74, 6) is 1.58. The molecule has 2 aromatic carbocycles. The van der Waals surface area contributed by atoms with Crippen LogP contribution in [0.1, 0.15) is 15.9 Å². The van der Waals surface area contributed by atoms with E-state index in [4.69, 9.17) is 13.9 Å². The summed E-state index contributed by atoms with van der Waals surface area (Å²) in [7, 11) is 3.11. The number of pyridine rings is 1. The largest absolute Gasteiger partial charge is 0.493 e. The van der Waals surface area contributed by atoms with Crippen molar-refractivity contribution in [1.29, 1.82) is 0 Å². The zero-order valence-corrected chi connectivity index (χ0v) is 15.5. The van der Waals surface area contributed by atoms with Crippen molar-refractivity contribution in [2.24, 2.45) is 0 Å². The van der Waals surface area contributed by atoms with Gasteiger partial charge in [0.25, 0.3) is 0 Å². The maximum atomic E-state index is 12.7. The molecule has 0 atom stereocenters. The lowest BCUT2D eigenvalue weighted by Gasteiger charge is -2.09. The third-order valence-electron chi connectivity index (χ3n) is 4.41. The molecule has 0 aliphatic rings. The average molecular weight is 374 g/mol. The number of carbonyl (C=O) groups is 1. The second-order valence-corrected chi connectivity index (χ2v) is 6.22. The van der Waals surface area contributed by atoms with Gasteiger partial charge in [-0.3, -0.25) is 4.79 Å². The van der Waals surface area contributed by atoms with E-state index in [0.717, 1.165) is 11.1 Å². The Bertz CT molecular complexity index is 1120. The van der Waals surface area contributed by atoms with Gasteiger partial charge in [0.15, 0.2) is 17.3 Å². The van der Waals surface area contributed by atoms with Gasteiger partial charge in [-0.15, -0.1) is 0 Å². The standard InChI is InChI=1S/C22H18N2O4/c1-26-19-9-8-15(13-20(19)27-2)18(25)12-14-5-3-6-16(11-14)21-24-17-7-4-10-23-22(17)28-21/h3-11,13H,12H2,1-2H3. The molecule has 6 heteroatoms. The van der Waals surface area contributed by atoms with E-state index in [0.29, 0.717) is 34.2 Å². The Morgan fingerprint density at radius 3 is 2.64 bits per heavy atom. The van der Waals surface area contributed by atoms with Gasteiger partial charge in [-0.2, -0.15) is 0 Å². The van der Waals surface area contributed by atoms with Gasteiger partial charge in [0, 0.05) is 23.7 Å². The van der Waals surface area contributed by atoms with E-state index in [1.807, 2.05) is 36.4 Å². The smallest absolute Gasteiger partial charge is 0.247 e. The fraction of sp³-hybridized carbons (Fsp3) is 0.136. The maximum Gasteiger partial charge on any atom is 0.247 e. The molecular formula is C22H18N2O4. The van der Waals surface area contributed by atoms with Gasteiger partial charge in [-0.25, -0.2) is 9.97 Å². The fourth-order valence-corrected chi connectivity index (χ4v) is 3.00. The fourth-order valence-electron chi connectivity index (χ4n) is 3.00. The molecule has 4 rings (SSSR count). The molecular weight excluding hydrogens is 356 g/mol. The van der Waals surface area contributed by atoms with E-state index in [1.54, 1.807) is 38.6 Å². The van der Waals surface area contributed by atoms with Crippen molar-refractivity contribution in [2.75, 3.05) is 14.2 Å². The predicted octanol–water partition coefficient (Wildman–Crippen LogP) is 4.33. The van der Waals surface area contributed by atoms with Crippen LogP contribution in [0, 0.1) is 0 Å². The Labute approximate surface area is 161 Å². The molecule has 140 valence electrons. The number of ether oxygens (including phenoxy) is 2. The van der Waals surface area contributed by atoms with E-state index in [1.165, 1.54) is 0 Å². The maximum absolute atomic E-state index is 12.7. The molecule has 0 radical (unpaired) electrons. The molecule has 0 saturated carbocycles. The molecule has 0 aliphatic heterocycles.